The van der Waals surface area contributed by atoms with E-state index in [9.17, 15) is 9.36 Å². The Labute approximate surface area is 57.2 Å². The molecule has 0 saturated carbocycles. The Bertz CT molecular complexity index is 212. The lowest BCUT2D eigenvalue weighted by Crippen LogP contribution is -1.95. The number of rotatable bonds is 2. The molecule has 10 heavy (non-hydrogen) atoms. The molecule has 0 heterocycles. The average Bonchev–Trinajstić information content (AvgIpc) is 1.60. The van der Waals surface area contributed by atoms with E-state index in [1.54, 1.807) is 0 Å². The number of carboxylic acids is 1. The highest BCUT2D eigenvalue weighted by atomic mass is 31.2. The Morgan fingerprint density at radius 1 is 1.50 bits per heavy atom. The van der Waals surface area contributed by atoms with E-state index in [-0.39, 0.29) is 5.57 Å². The molecule has 0 aliphatic rings. The molecule has 0 spiro atoms. The van der Waals surface area contributed by atoms with Crippen LogP contribution < -0.4 is 0 Å². The van der Waals surface area contributed by atoms with Crippen molar-refractivity contribution in [3.8, 4) is 0 Å². The lowest BCUT2D eigenvalue weighted by atomic mass is 10.4. The zero-order valence-electron chi connectivity index (χ0n) is 5.18. The predicted molar refractivity (Wildman–Crippen MR) is 33.4 cm³/mol. The van der Waals surface area contributed by atoms with Crippen molar-refractivity contribution in [3.05, 3.63) is 11.4 Å². The fourth-order valence-electron chi connectivity index (χ4n) is 0.307. The van der Waals surface area contributed by atoms with Crippen molar-refractivity contribution in [3.63, 3.8) is 0 Å². The van der Waals surface area contributed by atoms with E-state index in [1.807, 2.05) is 0 Å². The van der Waals surface area contributed by atoms with E-state index in [4.69, 9.17) is 14.9 Å². The Kier molecular flexibility index (Phi) is 2.77. The van der Waals surface area contributed by atoms with Gasteiger partial charge >= 0.3 is 13.6 Å². The molecule has 58 valence electrons. The summed E-state index contributed by atoms with van der Waals surface area (Å²) in [7, 11) is -4.32. The van der Waals surface area contributed by atoms with Gasteiger partial charge in [-0.25, -0.2) is 4.79 Å². The quantitative estimate of drug-likeness (QED) is 0.401. The van der Waals surface area contributed by atoms with Crippen molar-refractivity contribution in [2.24, 2.45) is 0 Å². The topological polar surface area (TPSA) is 94.8 Å². The summed E-state index contributed by atoms with van der Waals surface area (Å²) < 4.78 is 10.1. The summed E-state index contributed by atoms with van der Waals surface area (Å²) in [6.07, 6.45) is 0. The van der Waals surface area contributed by atoms with Crippen LogP contribution >= 0.6 is 7.60 Å². The molecule has 0 amide bonds. The van der Waals surface area contributed by atoms with Crippen LogP contribution in [-0.2, 0) is 9.36 Å². The Morgan fingerprint density at radius 3 is 2.00 bits per heavy atom. The maximum absolute atomic E-state index is 10.1. The lowest BCUT2D eigenvalue weighted by Gasteiger charge is -1.95. The Balaban J connectivity index is 4.48. The smallest absolute Gasteiger partial charge is 0.349 e. The van der Waals surface area contributed by atoms with Crippen LogP contribution in [0.5, 0.6) is 0 Å². The van der Waals surface area contributed by atoms with Crippen molar-refractivity contribution < 1.29 is 24.3 Å². The molecule has 0 atom stereocenters. The molecule has 0 aliphatic carbocycles. The highest BCUT2D eigenvalue weighted by molar-refractivity contribution is 7.55. The number of hydrogen-bond donors (Lipinski definition) is 3. The fourth-order valence-corrected chi connectivity index (χ4v) is 0.922. The molecule has 0 aromatic heterocycles. The highest BCUT2D eigenvalue weighted by Gasteiger charge is 2.11. The van der Waals surface area contributed by atoms with E-state index < -0.39 is 13.6 Å². The normalized spacial score (nSPS) is 13.3. The molecule has 5 nitrogen and oxygen atoms in total. The van der Waals surface area contributed by atoms with Gasteiger partial charge in [-0.3, -0.25) is 4.57 Å². The fraction of sp³-hybridized carbons (Fsp3) is 0.250. The third kappa shape index (κ3) is 4.26. The van der Waals surface area contributed by atoms with Gasteiger partial charge in [-0.1, -0.05) is 0 Å². The zero-order chi connectivity index (χ0) is 8.36. The van der Waals surface area contributed by atoms with Gasteiger partial charge < -0.3 is 14.9 Å². The summed E-state index contributed by atoms with van der Waals surface area (Å²) >= 11 is 0. The van der Waals surface area contributed by atoms with Crippen LogP contribution in [0.1, 0.15) is 6.92 Å². The number of aliphatic carboxylic acids is 1. The number of hydrogen-bond acceptors (Lipinski definition) is 2. The molecular weight excluding hydrogens is 159 g/mol. The molecule has 3 N–H and O–H groups in total. The molecule has 0 fully saturated rings. The summed E-state index contributed by atoms with van der Waals surface area (Å²) in [4.78, 5) is 26.4. The van der Waals surface area contributed by atoms with Gasteiger partial charge in [-0.05, 0) is 6.92 Å². The third-order valence-electron chi connectivity index (χ3n) is 0.699. The first-order chi connectivity index (χ1) is 4.33. The lowest BCUT2D eigenvalue weighted by molar-refractivity contribution is -0.132. The molecule has 0 aromatic carbocycles. The maximum atomic E-state index is 10.1. The van der Waals surface area contributed by atoms with Crippen molar-refractivity contribution in [2.45, 2.75) is 6.92 Å². The van der Waals surface area contributed by atoms with E-state index in [1.165, 1.54) is 0 Å². The second kappa shape index (κ2) is 2.96. The average molecular weight is 166 g/mol. The van der Waals surface area contributed by atoms with Crippen LogP contribution in [-0.4, -0.2) is 20.9 Å². The van der Waals surface area contributed by atoms with E-state index >= 15 is 0 Å². The molecule has 6 heteroatoms. The van der Waals surface area contributed by atoms with Gasteiger partial charge in [0.1, 0.15) is 0 Å². The van der Waals surface area contributed by atoms with Crippen molar-refractivity contribution in [1.82, 2.24) is 0 Å². The summed E-state index contributed by atoms with van der Waals surface area (Å²) in [5.74, 6) is -0.918. The first-order valence-corrected chi connectivity index (χ1v) is 3.99. The van der Waals surface area contributed by atoms with Crippen molar-refractivity contribution >= 4 is 13.6 Å². The maximum Gasteiger partial charge on any atom is 0.349 e. The molecule has 0 saturated heterocycles. The first-order valence-electron chi connectivity index (χ1n) is 2.31. The number of carboxylic acid groups (broad SMARTS) is 1. The Hall–Kier alpha value is -0.640. The van der Waals surface area contributed by atoms with Crippen LogP contribution in [0.3, 0.4) is 0 Å². The number of carbonyl (C=O) groups is 1. The SMILES string of the molecule is C/C(=C\P(=O)(O)O)C(=O)O. The first kappa shape index (κ1) is 9.36. The molecular formula is C4H7O5P. The van der Waals surface area contributed by atoms with Gasteiger partial charge in [0.25, 0.3) is 0 Å². The molecule has 0 radical (unpaired) electrons. The van der Waals surface area contributed by atoms with E-state index in [0.717, 1.165) is 6.92 Å². The summed E-state index contributed by atoms with van der Waals surface area (Å²) in [5.41, 5.74) is -0.353. The molecule has 0 aromatic rings. The van der Waals surface area contributed by atoms with Gasteiger partial charge in [0.2, 0.25) is 0 Å². The largest absolute Gasteiger partial charge is 0.478 e. The van der Waals surface area contributed by atoms with Gasteiger partial charge in [0.15, 0.2) is 0 Å². The van der Waals surface area contributed by atoms with Crippen LogP contribution in [0, 0.1) is 0 Å². The molecule has 0 rings (SSSR count). The minimum absolute atomic E-state index is 0.353. The summed E-state index contributed by atoms with van der Waals surface area (Å²) in [6, 6.07) is 0. The van der Waals surface area contributed by atoms with Gasteiger partial charge in [-0.2, -0.15) is 0 Å². The minimum atomic E-state index is -4.32. The monoisotopic (exact) mass is 166 g/mol. The van der Waals surface area contributed by atoms with Crippen LogP contribution in [0.4, 0.5) is 0 Å². The van der Waals surface area contributed by atoms with Gasteiger partial charge in [0, 0.05) is 11.4 Å². The minimum Gasteiger partial charge on any atom is -0.478 e. The van der Waals surface area contributed by atoms with Crippen molar-refractivity contribution in [1.29, 1.82) is 0 Å². The van der Waals surface area contributed by atoms with Crippen LogP contribution in [0.15, 0.2) is 11.4 Å². The van der Waals surface area contributed by atoms with E-state index in [0.29, 0.717) is 5.82 Å². The van der Waals surface area contributed by atoms with Crippen molar-refractivity contribution in [2.75, 3.05) is 0 Å². The Morgan fingerprint density at radius 2 is 1.90 bits per heavy atom. The predicted octanol–water partition coefficient (Wildman–Crippen LogP) is 0.153. The molecule has 0 unspecified atom stereocenters. The second-order valence-electron chi connectivity index (χ2n) is 1.71. The third-order valence-corrected chi connectivity index (χ3v) is 1.42. The molecule has 0 aliphatic heterocycles. The van der Waals surface area contributed by atoms with Gasteiger partial charge in [-0.15, -0.1) is 0 Å². The van der Waals surface area contributed by atoms with Crippen LogP contribution in [0.2, 0.25) is 0 Å². The standard InChI is InChI=1S/C4H7O5P/c1-3(4(5)6)2-10(7,8)9/h2H,1H3,(H,5,6)(H2,7,8,9)/b3-2+. The zero-order valence-corrected chi connectivity index (χ0v) is 6.08. The second-order valence-corrected chi connectivity index (χ2v) is 3.14. The van der Waals surface area contributed by atoms with Gasteiger partial charge in [0.05, 0.1) is 0 Å². The molecule has 0 bridgehead atoms. The van der Waals surface area contributed by atoms with Crippen LogP contribution in [0.25, 0.3) is 0 Å². The highest BCUT2D eigenvalue weighted by Crippen LogP contribution is 2.37. The summed E-state index contributed by atoms with van der Waals surface area (Å²) in [5, 5.41) is 8.13. The van der Waals surface area contributed by atoms with E-state index in [2.05, 4.69) is 0 Å². The summed E-state index contributed by atoms with van der Waals surface area (Å²) in [6.45, 7) is 1.11.